The predicted molar refractivity (Wildman–Crippen MR) is 97.1 cm³/mol. The number of nitrogens with zero attached hydrogens (tertiary/aromatic N) is 3. The first-order chi connectivity index (χ1) is 11.6. The summed E-state index contributed by atoms with van der Waals surface area (Å²) in [5, 5.41) is 12.0. The topological polar surface area (TPSA) is 67.4 Å². The Morgan fingerprint density at radius 2 is 2.29 bits per heavy atom. The molecule has 0 aliphatic carbocycles. The smallest absolute Gasteiger partial charge is 0.262 e. The molecule has 1 N–H and O–H groups in total. The second-order valence-electron chi connectivity index (χ2n) is 5.53. The molecule has 0 fully saturated rings. The molecule has 0 spiro atoms. The number of hydrogen-bond acceptors (Lipinski definition) is 7. The van der Waals surface area contributed by atoms with Crippen molar-refractivity contribution in [1.82, 2.24) is 15.5 Å². The van der Waals surface area contributed by atoms with Gasteiger partial charge >= 0.3 is 0 Å². The summed E-state index contributed by atoms with van der Waals surface area (Å²) in [5.74, 6) is 1.60. The molecular formula is C16H20N4O2S2. The number of amides is 1. The van der Waals surface area contributed by atoms with Crippen molar-refractivity contribution < 1.29 is 9.53 Å². The number of carbonyl (C=O) groups excluding carboxylic acids is 1. The van der Waals surface area contributed by atoms with Gasteiger partial charge in [-0.2, -0.15) is 0 Å². The minimum atomic E-state index is -0.469. The second-order valence-corrected chi connectivity index (χ2v) is 8.06. The second kappa shape index (κ2) is 7.85. The molecule has 0 saturated carbocycles. The molecule has 1 aliphatic rings. The van der Waals surface area contributed by atoms with Crippen LogP contribution in [0.5, 0.6) is 5.75 Å². The Bertz CT molecular complexity index is 707. The molecule has 1 aliphatic heterocycles. The summed E-state index contributed by atoms with van der Waals surface area (Å²) in [6.07, 6.45) is 0.414. The quantitative estimate of drug-likeness (QED) is 0.627. The summed E-state index contributed by atoms with van der Waals surface area (Å²) < 4.78 is 6.80. The van der Waals surface area contributed by atoms with E-state index in [1.807, 2.05) is 38.2 Å². The first-order valence-electron chi connectivity index (χ1n) is 7.81. The number of para-hydroxylation sites is 2. The first kappa shape index (κ1) is 17.0. The Morgan fingerprint density at radius 1 is 1.46 bits per heavy atom. The molecule has 1 aromatic heterocycles. The van der Waals surface area contributed by atoms with Gasteiger partial charge in [0.25, 0.3) is 5.91 Å². The number of nitrogens with one attached hydrogen (secondary N) is 1. The fraction of sp³-hybridized carbons (Fsp3) is 0.438. The summed E-state index contributed by atoms with van der Waals surface area (Å²) in [7, 11) is 1.97. The van der Waals surface area contributed by atoms with Crippen molar-refractivity contribution in [1.29, 1.82) is 0 Å². The van der Waals surface area contributed by atoms with E-state index in [-0.39, 0.29) is 5.91 Å². The fourth-order valence-corrected chi connectivity index (χ4v) is 4.27. The third kappa shape index (κ3) is 4.18. The third-order valence-corrected chi connectivity index (χ3v) is 5.69. The van der Waals surface area contributed by atoms with Gasteiger partial charge in [-0.25, -0.2) is 0 Å². The van der Waals surface area contributed by atoms with Crippen LogP contribution in [0.25, 0.3) is 0 Å². The Morgan fingerprint density at radius 3 is 3.08 bits per heavy atom. The van der Waals surface area contributed by atoms with Crippen LogP contribution in [0, 0.1) is 6.92 Å². The highest BCUT2D eigenvalue weighted by Crippen LogP contribution is 2.31. The molecule has 1 amide bonds. The van der Waals surface area contributed by atoms with Crippen molar-refractivity contribution in [2.24, 2.45) is 0 Å². The van der Waals surface area contributed by atoms with Crippen molar-refractivity contribution >= 4 is 34.7 Å². The normalized spacial score (nSPS) is 16.4. The van der Waals surface area contributed by atoms with Crippen LogP contribution in [-0.2, 0) is 4.79 Å². The van der Waals surface area contributed by atoms with Crippen LogP contribution in [0.1, 0.15) is 11.4 Å². The lowest BCUT2D eigenvalue weighted by Crippen LogP contribution is -2.48. The minimum Gasteiger partial charge on any atom is -0.477 e. The van der Waals surface area contributed by atoms with Gasteiger partial charge in [0.1, 0.15) is 10.8 Å². The summed E-state index contributed by atoms with van der Waals surface area (Å²) in [6, 6.07) is 7.78. The maximum Gasteiger partial charge on any atom is 0.262 e. The third-order valence-electron chi connectivity index (χ3n) is 3.63. The molecule has 0 saturated heterocycles. The average molecular weight is 364 g/mol. The van der Waals surface area contributed by atoms with E-state index in [0.717, 1.165) is 33.0 Å². The molecule has 128 valence electrons. The van der Waals surface area contributed by atoms with E-state index in [9.17, 15) is 4.79 Å². The molecule has 6 nitrogen and oxygen atoms in total. The summed E-state index contributed by atoms with van der Waals surface area (Å²) in [6.45, 7) is 3.14. The van der Waals surface area contributed by atoms with E-state index in [4.69, 9.17) is 4.74 Å². The Labute approximate surface area is 149 Å². The SMILES string of the molecule is Cc1nnc(SCCCNC(=O)C2CN(C)c3ccccc3O2)s1. The van der Waals surface area contributed by atoms with Crippen LogP contribution in [0.3, 0.4) is 0 Å². The number of ether oxygens (including phenoxy) is 1. The molecular weight excluding hydrogens is 344 g/mol. The molecule has 2 heterocycles. The van der Waals surface area contributed by atoms with Gasteiger partial charge in [0.2, 0.25) is 0 Å². The standard InChI is InChI=1S/C16H20N4O2S2/c1-11-18-19-16(24-11)23-9-5-8-17-15(21)14-10-20(2)12-6-3-4-7-13(12)22-14/h3-4,6-7,14H,5,8-10H2,1-2H3,(H,17,21). The molecule has 0 bridgehead atoms. The lowest BCUT2D eigenvalue weighted by Gasteiger charge is -2.32. The van der Waals surface area contributed by atoms with Gasteiger partial charge < -0.3 is 15.0 Å². The molecule has 1 atom stereocenters. The Hall–Kier alpha value is -1.80. The fourth-order valence-electron chi connectivity index (χ4n) is 2.44. The number of fused-ring (bicyclic) bond motifs is 1. The average Bonchev–Trinajstić information content (AvgIpc) is 2.99. The minimum absolute atomic E-state index is 0.0619. The first-order valence-corrected chi connectivity index (χ1v) is 9.61. The van der Waals surface area contributed by atoms with Crippen molar-refractivity contribution in [3.8, 4) is 5.75 Å². The number of hydrogen-bond donors (Lipinski definition) is 1. The Kier molecular flexibility index (Phi) is 5.57. The number of benzene rings is 1. The number of aromatic nitrogens is 2. The summed E-state index contributed by atoms with van der Waals surface area (Å²) in [5.41, 5.74) is 1.02. The molecule has 3 rings (SSSR count). The van der Waals surface area contributed by atoms with Crippen LogP contribution >= 0.6 is 23.1 Å². The molecule has 1 aromatic carbocycles. The monoisotopic (exact) mass is 364 g/mol. The highest BCUT2D eigenvalue weighted by molar-refractivity contribution is 8.01. The summed E-state index contributed by atoms with van der Waals surface area (Å²) in [4.78, 5) is 14.4. The van der Waals surface area contributed by atoms with Crippen molar-refractivity contribution in [3.05, 3.63) is 29.3 Å². The van der Waals surface area contributed by atoms with Crippen LogP contribution < -0.4 is 15.0 Å². The van der Waals surface area contributed by atoms with E-state index in [0.29, 0.717) is 13.1 Å². The lowest BCUT2D eigenvalue weighted by atomic mass is 10.2. The van der Waals surface area contributed by atoms with E-state index in [1.165, 1.54) is 0 Å². The van der Waals surface area contributed by atoms with Crippen LogP contribution in [0.4, 0.5) is 5.69 Å². The molecule has 24 heavy (non-hydrogen) atoms. The highest BCUT2D eigenvalue weighted by atomic mass is 32.2. The van der Waals surface area contributed by atoms with E-state index >= 15 is 0 Å². The Balaban J connectivity index is 1.41. The van der Waals surface area contributed by atoms with Gasteiger partial charge in [0, 0.05) is 19.3 Å². The largest absolute Gasteiger partial charge is 0.477 e. The van der Waals surface area contributed by atoms with Crippen LogP contribution in [0.2, 0.25) is 0 Å². The molecule has 8 heteroatoms. The summed E-state index contributed by atoms with van der Waals surface area (Å²) >= 11 is 3.27. The highest BCUT2D eigenvalue weighted by Gasteiger charge is 2.28. The van der Waals surface area contributed by atoms with Gasteiger partial charge in [0.05, 0.1) is 12.2 Å². The number of carbonyl (C=O) groups is 1. The van der Waals surface area contributed by atoms with Gasteiger partial charge in [-0.1, -0.05) is 35.2 Å². The zero-order valence-corrected chi connectivity index (χ0v) is 15.3. The maximum absolute atomic E-state index is 12.3. The predicted octanol–water partition coefficient (Wildman–Crippen LogP) is 2.34. The van der Waals surface area contributed by atoms with Crippen LogP contribution in [-0.4, -0.2) is 48.1 Å². The lowest BCUT2D eigenvalue weighted by molar-refractivity contribution is -0.127. The van der Waals surface area contributed by atoms with E-state index in [2.05, 4.69) is 20.4 Å². The number of likely N-dealkylation sites (N-methyl/N-ethyl adjacent to an activating group) is 1. The maximum atomic E-state index is 12.3. The molecule has 1 unspecified atom stereocenters. The van der Waals surface area contributed by atoms with Crippen molar-refractivity contribution in [2.75, 3.05) is 30.8 Å². The van der Waals surface area contributed by atoms with Gasteiger partial charge in [-0.15, -0.1) is 10.2 Å². The van der Waals surface area contributed by atoms with Crippen LogP contribution in [0.15, 0.2) is 28.6 Å². The number of anilines is 1. The van der Waals surface area contributed by atoms with E-state index in [1.54, 1.807) is 23.1 Å². The van der Waals surface area contributed by atoms with E-state index < -0.39 is 6.10 Å². The number of rotatable bonds is 6. The van der Waals surface area contributed by atoms with Gasteiger partial charge in [0.15, 0.2) is 10.4 Å². The number of aryl methyl sites for hydroxylation is 1. The molecule has 0 radical (unpaired) electrons. The van der Waals surface area contributed by atoms with Gasteiger partial charge in [-0.05, 0) is 25.5 Å². The zero-order valence-electron chi connectivity index (χ0n) is 13.7. The zero-order chi connectivity index (χ0) is 16.9. The molecule has 2 aromatic rings. The van der Waals surface area contributed by atoms with Gasteiger partial charge in [-0.3, -0.25) is 4.79 Å². The van der Waals surface area contributed by atoms with Crippen molar-refractivity contribution in [2.45, 2.75) is 23.8 Å². The van der Waals surface area contributed by atoms with Crippen molar-refractivity contribution in [3.63, 3.8) is 0 Å². The number of thioether (sulfide) groups is 1.